The lowest BCUT2D eigenvalue weighted by Crippen LogP contribution is -2.50. The lowest BCUT2D eigenvalue weighted by molar-refractivity contribution is 0.222. The van der Waals surface area contributed by atoms with Crippen LogP contribution in [-0.2, 0) is 11.2 Å². The molecule has 1 aromatic heterocycles. The van der Waals surface area contributed by atoms with Crippen molar-refractivity contribution in [2.24, 2.45) is 5.73 Å². The average molecular weight is 309 g/mol. The molecule has 0 amide bonds. The van der Waals surface area contributed by atoms with E-state index in [1.807, 2.05) is 27.7 Å². The summed E-state index contributed by atoms with van der Waals surface area (Å²) in [7, 11) is 0. The summed E-state index contributed by atoms with van der Waals surface area (Å²) in [5.74, 6) is 1.46. The fourth-order valence-electron chi connectivity index (χ4n) is 1.52. The third-order valence-corrected chi connectivity index (χ3v) is 4.80. The molecule has 0 spiro atoms. The third kappa shape index (κ3) is 3.63. The van der Waals surface area contributed by atoms with Crippen molar-refractivity contribution < 1.29 is 8.91 Å². The molecule has 0 fully saturated rings. The van der Waals surface area contributed by atoms with E-state index < -0.39 is 11.0 Å². The minimum Gasteiger partial charge on any atom is -0.339 e. The minimum absolute atomic E-state index is 0.242. The number of thioether (sulfide) groups is 1. The van der Waals surface area contributed by atoms with Crippen molar-refractivity contribution in [3.8, 4) is 0 Å². The van der Waals surface area contributed by atoms with E-state index in [-0.39, 0.29) is 5.82 Å². The molecule has 114 valence electrons. The topological polar surface area (TPSA) is 64.9 Å². The van der Waals surface area contributed by atoms with Gasteiger partial charge in [0.2, 0.25) is 5.89 Å². The molecule has 0 aliphatic carbocycles. The van der Waals surface area contributed by atoms with E-state index in [1.54, 1.807) is 12.1 Å². The molecule has 2 rings (SSSR count). The van der Waals surface area contributed by atoms with Crippen LogP contribution in [0.3, 0.4) is 0 Å². The van der Waals surface area contributed by atoms with Gasteiger partial charge in [0.05, 0.1) is 11.2 Å². The maximum Gasteiger partial charge on any atom is 0.234 e. The van der Waals surface area contributed by atoms with Crippen LogP contribution in [0.5, 0.6) is 0 Å². The van der Waals surface area contributed by atoms with Crippen LogP contribution in [0.1, 0.15) is 39.4 Å². The second-order valence-corrected chi connectivity index (χ2v) is 7.15. The maximum atomic E-state index is 12.8. The van der Waals surface area contributed by atoms with Gasteiger partial charge in [0.15, 0.2) is 5.82 Å². The van der Waals surface area contributed by atoms with Crippen LogP contribution in [0.4, 0.5) is 4.39 Å². The molecule has 2 aromatic rings. The number of nitrogens with two attached hydrogens (primary N) is 1. The van der Waals surface area contributed by atoms with Crippen molar-refractivity contribution in [3.05, 3.63) is 41.8 Å². The molecule has 0 bridgehead atoms. The van der Waals surface area contributed by atoms with Crippen LogP contribution in [0.15, 0.2) is 33.7 Å². The predicted octanol–water partition coefficient (Wildman–Crippen LogP) is 3.52. The standard InChI is InChI=1S/C15H20FN3OS/c1-14(2,15(3,4)17)13-18-12(19-20-13)9-21-11-7-5-10(16)6-8-11/h5-8H,9,17H2,1-4H3. The lowest BCUT2D eigenvalue weighted by Gasteiger charge is -2.34. The SMILES string of the molecule is CC(C)(N)C(C)(C)c1nc(CSc2ccc(F)cc2)no1. The summed E-state index contributed by atoms with van der Waals surface area (Å²) in [5, 5.41) is 3.99. The van der Waals surface area contributed by atoms with Gasteiger partial charge in [0.1, 0.15) is 5.82 Å². The Morgan fingerprint density at radius 3 is 2.38 bits per heavy atom. The Morgan fingerprint density at radius 1 is 1.19 bits per heavy atom. The van der Waals surface area contributed by atoms with Crippen molar-refractivity contribution >= 4 is 11.8 Å². The predicted molar refractivity (Wildman–Crippen MR) is 81.6 cm³/mol. The summed E-state index contributed by atoms with van der Waals surface area (Å²) in [4.78, 5) is 5.39. The van der Waals surface area contributed by atoms with E-state index in [9.17, 15) is 4.39 Å². The molecule has 0 saturated heterocycles. The van der Waals surface area contributed by atoms with Crippen LogP contribution in [0.25, 0.3) is 0 Å². The van der Waals surface area contributed by atoms with Crippen LogP contribution in [-0.4, -0.2) is 15.7 Å². The monoisotopic (exact) mass is 309 g/mol. The van der Waals surface area contributed by atoms with Gasteiger partial charge >= 0.3 is 0 Å². The van der Waals surface area contributed by atoms with Crippen LogP contribution < -0.4 is 5.73 Å². The Morgan fingerprint density at radius 2 is 1.81 bits per heavy atom. The first-order chi connectivity index (χ1) is 9.70. The lowest BCUT2D eigenvalue weighted by atomic mass is 9.75. The number of hydrogen-bond acceptors (Lipinski definition) is 5. The Labute approximate surface area is 128 Å². The van der Waals surface area contributed by atoms with E-state index >= 15 is 0 Å². The largest absolute Gasteiger partial charge is 0.339 e. The Bertz CT molecular complexity index is 602. The molecular formula is C15H20FN3OS. The molecule has 0 unspecified atom stereocenters. The zero-order valence-corrected chi connectivity index (χ0v) is 13.5. The molecule has 2 N–H and O–H groups in total. The number of rotatable bonds is 5. The highest BCUT2D eigenvalue weighted by atomic mass is 32.2. The van der Waals surface area contributed by atoms with Gasteiger partial charge in [-0.2, -0.15) is 4.98 Å². The van der Waals surface area contributed by atoms with E-state index in [1.165, 1.54) is 23.9 Å². The molecule has 0 aliphatic heterocycles. The van der Waals surface area contributed by atoms with E-state index in [4.69, 9.17) is 10.3 Å². The third-order valence-electron chi connectivity index (χ3n) is 3.80. The molecule has 21 heavy (non-hydrogen) atoms. The summed E-state index contributed by atoms with van der Waals surface area (Å²) in [6, 6.07) is 6.33. The Kier molecular flexibility index (Phi) is 4.39. The Hall–Kier alpha value is -1.40. The van der Waals surface area contributed by atoms with Gasteiger partial charge in [-0.05, 0) is 52.0 Å². The molecule has 6 heteroatoms. The fraction of sp³-hybridized carbons (Fsp3) is 0.467. The second-order valence-electron chi connectivity index (χ2n) is 6.11. The first-order valence-electron chi connectivity index (χ1n) is 6.70. The molecule has 0 saturated carbocycles. The van der Waals surface area contributed by atoms with Crippen LogP contribution in [0, 0.1) is 5.82 Å². The van der Waals surface area contributed by atoms with Gasteiger partial charge in [0.25, 0.3) is 0 Å². The number of nitrogens with zero attached hydrogens (tertiary/aromatic N) is 2. The Balaban J connectivity index is 2.05. The van der Waals surface area contributed by atoms with Gasteiger partial charge < -0.3 is 10.3 Å². The zero-order valence-electron chi connectivity index (χ0n) is 12.7. The molecule has 1 aromatic carbocycles. The highest BCUT2D eigenvalue weighted by Crippen LogP contribution is 2.32. The van der Waals surface area contributed by atoms with Gasteiger partial charge in [-0.1, -0.05) is 5.16 Å². The molecular weight excluding hydrogens is 289 g/mol. The maximum absolute atomic E-state index is 12.8. The minimum atomic E-state index is -0.471. The van der Waals surface area contributed by atoms with E-state index in [0.29, 0.717) is 17.5 Å². The number of halogens is 1. The second kappa shape index (κ2) is 5.77. The highest BCUT2D eigenvalue weighted by Gasteiger charge is 2.40. The van der Waals surface area contributed by atoms with Crippen molar-refractivity contribution in [2.75, 3.05) is 0 Å². The van der Waals surface area contributed by atoms with E-state index in [2.05, 4.69) is 10.1 Å². The summed E-state index contributed by atoms with van der Waals surface area (Å²) >= 11 is 1.53. The van der Waals surface area contributed by atoms with Crippen molar-refractivity contribution in [2.45, 2.75) is 49.3 Å². The van der Waals surface area contributed by atoms with Gasteiger partial charge in [-0.25, -0.2) is 4.39 Å². The molecule has 0 radical (unpaired) electrons. The van der Waals surface area contributed by atoms with Crippen molar-refractivity contribution in [1.29, 1.82) is 0 Å². The highest BCUT2D eigenvalue weighted by molar-refractivity contribution is 7.98. The van der Waals surface area contributed by atoms with E-state index in [0.717, 1.165) is 4.90 Å². The van der Waals surface area contributed by atoms with Gasteiger partial charge in [-0.15, -0.1) is 11.8 Å². The fourth-order valence-corrected chi connectivity index (χ4v) is 2.26. The number of aromatic nitrogens is 2. The summed E-state index contributed by atoms with van der Waals surface area (Å²) < 4.78 is 18.2. The summed E-state index contributed by atoms with van der Waals surface area (Å²) in [6.45, 7) is 7.84. The first-order valence-corrected chi connectivity index (χ1v) is 7.69. The molecule has 1 heterocycles. The van der Waals surface area contributed by atoms with Crippen LogP contribution in [0.2, 0.25) is 0 Å². The normalized spacial score (nSPS) is 12.7. The first kappa shape index (κ1) is 16.0. The van der Waals surface area contributed by atoms with Gasteiger partial charge in [-0.3, -0.25) is 0 Å². The van der Waals surface area contributed by atoms with Gasteiger partial charge in [0, 0.05) is 10.4 Å². The smallest absolute Gasteiger partial charge is 0.234 e. The summed E-state index contributed by atoms with van der Waals surface area (Å²) in [6.07, 6.45) is 0. The molecule has 0 atom stereocenters. The zero-order chi connectivity index (χ0) is 15.7. The number of hydrogen-bond donors (Lipinski definition) is 1. The average Bonchev–Trinajstić information content (AvgIpc) is 2.86. The summed E-state index contributed by atoms with van der Waals surface area (Å²) in [5.41, 5.74) is 5.28. The van der Waals surface area contributed by atoms with Crippen LogP contribution >= 0.6 is 11.8 Å². The quantitative estimate of drug-likeness (QED) is 0.856. The molecule has 0 aliphatic rings. The number of benzene rings is 1. The molecule has 4 nitrogen and oxygen atoms in total. The van der Waals surface area contributed by atoms with Crippen molar-refractivity contribution in [3.63, 3.8) is 0 Å². The van der Waals surface area contributed by atoms with Crippen molar-refractivity contribution in [1.82, 2.24) is 10.1 Å².